The Morgan fingerprint density at radius 1 is 1.26 bits per heavy atom. The highest BCUT2D eigenvalue weighted by Crippen LogP contribution is 2.19. The van der Waals surface area contributed by atoms with Crippen LogP contribution in [0.3, 0.4) is 0 Å². The van der Waals surface area contributed by atoms with E-state index in [1.54, 1.807) is 0 Å². The highest BCUT2D eigenvalue weighted by molar-refractivity contribution is 7.09. The van der Waals surface area contributed by atoms with E-state index in [-0.39, 0.29) is 12.1 Å². The number of carbonyl (C=O) groups is 1. The first-order valence-corrected chi connectivity index (χ1v) is 6.64. The van der Waals surface area contributed by atoms with Gasteiger partial charge in [-0.3, -0.25) is 5.43 Å². The van der Waals surface area contributed by atoms with Crippen molar-refractivity contribution in [2.24, 2.45) is 0 Å². The Balaban J connectivity index is 1.93. The van der Waals surface area contributed by atoms with Crippen LogP contribution in [0.15, 0.2) is 30.3 Å². The standard InChI is InChI=1S/C12H15N5OS/c1-8(2)13-11(18)15-16-12-14-10(17-19-12)9-6-4-3-5-7-9/h3-8H,1-2H3,(H2,13,15,18)(H,14,16,17). The number of hydrazine groups is 1. The molecule has 6 nitrogen and oxygen atoms in total. The molecule has 0 fully saturated rings. The smallest absolute Gasteiger partial charge is 0.333 e. The van der Waals surface area contributed by atoms with E-state index < -0.39 is 0 Å². The molecule has 0 aliphatic heterocycles. The minimum absolute atomic E-state index is 0.0797. The van der Waals surface area contributed by atoms with Crippen molar-refractivity contribution in [3.05, 3.63) is 30.3 Å². The van der Waals surface area contributed by atoms with Gasteiger partial charge >= 0.3 is 6.03 Å². The minimum atomic E-state index is -0.300. The average molecular weight is 277 g/mol. The van der Waals surface area contributed by atoms with Gasteiger partial charge in [-0.2, -0.15) is 9.36 Å². The largest absolute Gasteiger partial charge is 0.335 e. The van der Waals surface area contributed by atoms with Crippen molar-refractivity contribution in [1.82, 2.24) is 20.1 Å². The lowest BCUT2D eigenvalue weighted by Gasteiger charge is -2.09. The molecule has 0 atom stereocenters. The van der Waals surface area contributed by atoms with Crippen LogP contribution in [0.5, 0.6) is 0 Å². The summed E-state index contributed by atoms with van der Waals surface area (Å²) in [6.07, 6.45) is 0. The molecule has 7 heteroatoms. The van der Waals surface area contributed by atoms with Crippen molar-refractivity contribution in [2.45, 2.75) is 19.9 Å². The summed E-state index contributed by atoms with van der Waals surface area (Å²) in [6, 6.07) is 9.44. The molecule has 0 aliphatic rings. The first-order valence-electron chi connectivity index (χ1n) is 5.87. The van der Waals surface area contributed by atoms with Gasteiger partial charge in [0.15, 0.2) is 5.82 Å². The molecule has 1 aromatic heterocycles. The van der Waals surface area contributed by atoms with Crippen LogP contribution in [0.4, 0.5) is 9.93 Å². The molecule has 19 heavy (non-hydrogen) atoms. The molecule has 0 saturated carbocycles. The van der Waals surface area contributed by atoms with E-state index in [4.69, 9.17) is 0 Å². The number of carbonyl (C=O) groups excluding carboxylic acids is 1. The predicted molar refractivity (Wildman–Crippen MR) is 75.8 cm³/mol. The number of amides is 2. The van der Waals surface area contributed by atoms with Gasteiger partial charge in [-0.1, -0.05) is 30.3 Å². The zero-order chi connectivity index (χ0) is 13.7. The van der Waals surface area contributed by atoms with E-state index in [1.807, 2.05) is 44.2 Å². The topological polar surface area (TPSA) is 78.9 Å². The molecule has 2 amide bonds. The number of urea groups is 1. The molecule has 2 aromatic rings. The number of benzene rings is 1. The average Bonchev–Trinajstić information content (AvgIpc) is 2.85. The summed E-state index contributed by atoms with van der Waals surface area (Å²) >= 11 is 1.19. The summed E-state index contributed by atoms with van der Waals surface area (Å²) in [5.41, 5.74) is 6.17. The molecule has 3 N–H and O–H groups in total. The summed E-state index contributed by atoms with van der Waals surface area (Å²) in [6.45, 7) is 3.77. The van der Waals surface area contributed by atoms with E-state index in [2.05, 4.69) is 25.5 Å². The number of rotatable bonds is 4. The van der Waals surface area contributed by atoms with Crippen LogP contribution in [0, 0.1) is 0 Å². The number of aromatic nitrogens is 2. The molecule has 0 aliphatic carbocycles. The molecule has 0 spiro atoms. The van der Waals surface area contributed by atoms with Crippen LogP contribution in [0.2, 0.25) is 0 Å². The van der Waals surface area contributed by atoms with Crippen molar-refractivity contribution in [1.29, 1.82) is 0 Å². The molecular weight excluding hydrogens is 262 g/mol. The van der Waals surface area contributed by atoms with E-state index in [0.29, 0.717) is 11.0 Å². The highest BCUT2D eigenvalue weighted by atomic mass is 32.1. The molecule has 0 bridgehead atoms. The van der Waals surface area contributed by atoms with Crippen LogP contribution >= 0.6 is 11.5 Å². The second-order valence-electron chi connectivity index (χ2n) is 4.17. The molecule has 1 aromatic carbocycles. The molecule has 2 rings (SSSR count). The Hall–Kier alpha value is -2.15. The Morgan fingerprint density at radius 3 is 2.68 bits per heavy atom. The van der Waals surface area contributed by atoms with E-state index in [9.17, 15) is 4.79 Å². The number of hydrogen-bond donors (Lipinski definition) is 3. The maximum atomic E-state index is 11.4. The first kappa shape index (κ1) is 13.3. The van der Waals surface area contributed by atoms with Gasteiger partial charge < -0.3 is 5.32 Å². The monoisotopic (exact) mass is 277 g/mol. The molecular formula is C12H15N5OS. The lowest BCUT2D eigenvalue weighted by atomic mass is 10.2. The van der Waals surface area contributed by atoms with E-state index in [1.165, 1.54) is 11.5 Å². The van der Waals surface area contributed by atoms with Crippen LogP contribution in [-0.2, 0) is 0 Å². The van der Waals surface area contributed by atoms with Crippen molar-refractivity contribution in [3.63, 3.8) is 0 Å². The zero-order valence-corrected chi connectivity index (χ0v) is 11.5. The number of hydrogen-bond acceptors (Lipinski definition) is 5. The summed E-state index contributed by atoms with van der Waals surface area (Å²) < 4.78 is 4.22. The minimum Gasteiger partial charge on any atom is -0.335 e. The molecule has 1 heterocycles. The van der Waals surface area contributed by atoms with E-state index >= 15 is 0 Å². The third-order valence-electron chi connectivity index (χ3n) is 2.16. The van der Waals surface area contributed by atoms with Crippen molar-refractivity contribution in [2.75, 3.05) is 5.43 Å². The normalized spacial score (nSPS) is 10.3. The maximum absolute atomic E-state index is 11.4. The van der Waals surface area contributed by atoms with E-state index in [0.717, 1.165) is 5.56 Å². The fourth-order valence-corrected chi connectivity index (χ4v) is 1.93. The summed E-state index contributed by atoms with van der Waals surface area (Å²) in [4.78, 5) is 15.7. The van der Waals surface area contributed by atoms with Crippen LogP contribution in [0.1, 0.15) is 13.8 Å². The number of nitrogens with one attached hydrogen (secondary N) is 3. The lowest BCUT2D eigenvalue weighted by Crippen LogP contribution is -2.42. The van der Waals surface area contributed by atoms with Gasteiger partial charge in [0.05, 0.1) is 0 Å². The van der Waals surface area contributed by atoms with Gasteiger partial charge in [-0.05, 0) is 13.8 Å². The van der Waals surface area contributed by atoms with Gasteiger partial charge in [-0.15, -0.1) is 0 Å². The van der Waals surface area contributed by atoms with Crippen molar-refractivity contribution >= 4 is 22.7 Å². The van der Waals surface area contributed by atoms with Gasteiger partial charge in [0, 0.05) is 23.1 Å². The van der Waals surface area contributed by atoms with Gasteiger partial charge in [-0.25, -0.2) is 10.2 Å². The second-order valence-corrected chi connectivity index (χ2v) is 4.92. The molecule has 0 unspecified atom stereocenters. The Labute approximate surface area is 115 Å². The fourth-order valence-electron chi connectivity index (χ4n) is 1.39. The van der Waals surface area contributed by atoms with Gasteiger partial charge in [0.1, 0.15) is 0 Å². The van der Waals surface area contributed by atoms with Crippen molar-refractivity contribution in [3.8, 4) is 11.4 Å². The predicted octanol–water partition coefficient (Wildman–Crippen LogP) is 2.24. The number of anilines is 1. The Kier molecular flexibility index (Phi) is 4.30. The van der Waals surface area contributed by atoms with Crippen LogP contribution in [0.25, 0.3) is 11.4 Å². The van der Waals surface area contributed by atoms with Crippen LogP contribution < -0.4 is 16.2 Å². The lowest BCUT2D eigenvalue weighted by molar-refractivity contribution is 0.240. The zero-order valence-electron chi connectivity index (χ0n) is 10.7. The molecule has 0 saturated heterocycles. The van der Waals surface area contributed by atoms with Crippen LogP contribution in [-0.4, -0.2) is 21.4 Å². The Bertz CT molecular complexity index is 540. The number of nitrogens with zero attached hydrogens (tertiary/aromatic N) is 2. The maximum Gasteiger partial charge on any atom is 0.333 e. The van der Waals surface area contributed by atoms with Gasteiger partial charge in [0.2, 0.25) is 5.13 Å². The van der Waals surface area contributed by atoms with Gasteiger partial charge in [0.25, 0.3) is 0 Å². The third-order valence-corrected chi connectivity index (χ3v) is 2.79. The second kappa shape index (κ2) is 6.14. The van der Waals surface area contributed by atoms with Crippen molar-refractivity contribution < 1.29 is 4.79 Å². The fraction of sp³-hybridized carbons (Fsp3) is 0.250. The highest BCUT2D eigenvalue weighted by Gasteiger charge is 2.07. The Morgan fingerprint density at radius 2 is 2.00 bits per heavy atom. The third kappa shape index (κ3) is 3.92. The summed E-state index contributed by atoms with van der Waals surface area (Å²) in [7, 11) is 0. The molecule has 100 valence electrons. The summed E-state index contributed by atoms with van der Waals surface area (Å²) in [5, 5.41) is 3.23. The SMILES string of the molecule is CC(C)NC(=O)NNc1nc(-c2ccccc2)ns1. The molecule has 0 radical (unpaired) electrons. The summed E-state index contributed by atoms with van der Waals surface area (Å²) in [5.74, 6) is 0.638. The quantitative estimate of drug-likeness (QED) is 0.749. The first-order chi connectivity index (χ1) is 9.15.